The van der Waals surface area contributed by atoms with Gasteiger partial charge in [-0.05, 0) is 57.1 Å². The zero-order valence-corrected chi connectivity index (χ0v) is 23.4. The van der Waals surface area contributed by atoms with Crippen LogP contribution in [-0.2, 0) is 14.3 Å². The van der Waals surface area contributed by atoms with E-state index in [2.05, 4.69) is 32.9 Å². The second kappa shape index (κ2) is 14.7. The minimum atomic E-state index is -1.45. The third kappa shape index (κ3) is 9.12. The van der Waals surface area contributed by atoms with Crippen molar-refractivity contribution in [2.45, 2.75) is 91.2 Å². The lowest BCUT2D eigenvalue weighted by Gasteiger charge is -2.43. The fourth-order valence-corrected chi connectivity index (χ4v) is 4.75. The molecule has 0 unspecified atom stereocenters. The molecule has 6 atom stereocenters. The van der Waals surface area contributed by atoms with Crippen LogP contribution in [0.4, 0.5) is 0 Å². The number of hydrogen-bond acceptors (Lipinski definition) is 7. The van der Waals surface area contributed by atoms with Gasteiger partial charge in [0.1, 0.15) is 30.7 Å². The number of rotatable bonds is 10. The molecule has 1 heterocycles. The Kier molecular flexibility index (Phi) is 12.3. The molecule has 2 rings (SSSR count). The molecule has 1 saturated heterocycles. The normalized spacial score (nSPS) is 31.7. The van der Waals surface area contributed by atoms with Gasteiger partial charge in [-0.15, -0.1) is 0 Å². The molecule has 0 bridgehead atoms. The molecular formula is C31H44O7. The van der Waals surface area contributed by atoms with Gasteiger partial charge in [0.25, 0.3) is 0 Å². The van der Waals surface area contributed by atoms with Crippen molar-refractivity contribution in [3.8, 4) is 0 Å². The second-order valence-electron chi connectivity index (χ2n) is 10.9. The van der Waals surface area contributed by atoms with E-state index in [0.717, 1.165) is 17.4 Å². The lowest BCUT2D eigenvalue weighted by Crippen LogP contribution is -2.59. The van der Waals surface area contributed by atoms with Crippen molar-refractivity contribution in [3.05, 3.63) is 82.5 Å². The Morgan fingerprint density at radius 1 is 0.947 bits per heavy atom. The van der Waals surface area contributed by atoms with Gasteiger partial charge in [0.05, 0.1) is 12.7 Å². The van der Waals surface area contributed by atoms with E-state index in [-0.39, 0.29) is 11.5 Å². The van der Waals surface area contributed by atoms with Crippen LogP contribution >= 0.6 is 0 Å². The van der Waals surface area contributed by atoms with E-state index in [0.29, 0.717) is 18.4 Å². The molecule has 0 saturated carbocycles. The highest BCUT2D eigenvalue weighted by Gasteiger charge is 2.45. The van der Waals surface area contributed by atoms with E-state index >= 15 is 0 Å². The van der Waals surface area contributed by atoms with Gasteiger partial charge in [-0.2, -0.15) is 0 Å². The van der Waals surface area contributed by atoms with Gasteiger partial charge in [-0.1, -0.05) is 85.3 Å². The summed E-state index contributed by atoms with van der Waals surface area (Å²) in [6, 6.07) is 0. The Morgan fingerprint density at radius 3 is 2.16 bits per heavy atom. The summed E-state index contributed by atoms with van der Waals surface area (Å²) >= 11 is 0. The van der Waals surface area contributed by atoms with Crippen molar-refractivity contribution in [1.82, 2.24) is 0 Å². The van der Waals surface area contributed by atoms with Crippen LogP contribution in [0.15, 0.2) is 82.5 Å². The summed E-state index contributed by atoms with van der Waals surface area (Å²) in [7, 11) is 0. The van der Waals surface area contributed by atoms with E-state index in [9.17, 15) is 25.2 Å². The fourth-order valence-electron chi connectivity index (χ4n) is 4.75. The molecule has 38 heavy (non-hydrogen) atoms. The SMILES string of the molecule is CC1=C(/C=C/C(C)=C/C=C/C(C)=C/C=C/C=C(\C)C=O)C(C)(C)C[C@H](O[C@@H]2O[C@H](CO)[C@@H](O)[C@H](O)[C@H]2O)C1. The number of aldehydes is 1. The number of ether oxygens (including phenoxy) is 2. The average Bonchev–Trinajstić information content (AvgIpc) is 2.85. The standard InChI is InChI=1S/C31H44O7/c1-20(10-7-8-11-22(3)18-32)12-9-13-21(2)14-15-25-23(4)16-24(17-31(25,5)6)37-30-29(36)28(35)27(34)26(19-33)38-30/h7-15,18,24,26-30,33-36H,16-17,19H2,1-6H3/b8-7+,12-9+,15-14+,20-10+,21-13+,22-11+/t24-,26-,27-,28+,29-,30-/m1/s1. The van der Waals surface area contributed by atoms with E-state index in [1.165, 1.54) is 11.1 Å². The van der Waals surface area contributed by atoms with Gasteiger partial charge in [-0.3, -0.25) is 4.79 Å². The van der Waals surface area contributed by atoms with Crippen LogP contribution in [0.2, 0.25) is 0 Å². The Hall–Kier alpha value is -2.39. The first kappa shape index (κ1) is 31.8. The summed E-state index contributed by atoms with van der Waals surface area (Å²) in [5.41, 5.74) is 5.06. The lowest BCUT2D eigenvalue weighted by molar-refractivity contribution is -0.313. The molecule has 0 amide bonds. The molecule has 0 aromatic heterocycles. The van der Waals surface area contributed by atoms with E-state index in [1.54, 1.807) is 13.0 Å². The maximum Gasteiger partial charge on any atom is 0.186 e. The summed E-state index contributed by atoms with van der Waals surface area (Å²) in [5, 5.41) is 39.8. The molecule has 1 aliphatic heterocycles. The third-order valence-electron chi connectivity index (χ3n) is 6.88. The average molecular weight is 529 g/mol. The highest BCUT2D eigenvalue weighted by atomic mass is 16.7. The minimum Gasteiger partial charge on any atom is -0.394 e. The van der Waals surface area contributed by atoms with Crippen LogP contribution in [0, 0.1) is 5.41 Å². The smallest absolute Gasteiger partial charge is 0.186 e. The molecule has 0 aromatic rings. The molecule has 0 spiro atoms. The summed E-state index contributed by atoms with van der Waals surface area (Å²) in [6.45, 7) is 11.7. The highest BCUT2D eigenvalue weighted by molar-refractivity contribution is 5.72. The molecule has 1 aliphatic carbocycles. The van der Waals surface area contributed by atoms with Crippen LogP contribution in [0.3, 0.4) is 0 Å². The molecule has 7 heteroatoms. The second-order valence-corrected chi connectivity index (χ2v) is 10.9. The van der Waals surface area contributed by atoms with Gasteiger partial charge in [0, 0.05) is 0 Å². The van der Waals surface area contributed by atoms with E-state index in [1.807, 2.05) is 50.3 Å². The molecule has 1 fully saturated rings. The highest BCUT2D eigenvalue weighted by Crippen LogP contribution is 2.43. The fraction of sp³-hybridized carbons (Fsp3) is 0.516. The van der Waals surface area contributed by atoms with Gasteiger partial charge in [0.2, 0.25) is 0 Å². The van der Waals surface area contributed by atoms with Crippen molar-refractivity contribution in [1.29, 1.82) is 0 Å². The van der Waals surface area contributed by atoms with Crippen molar-refractivity contribution >= 4 is 6.29 Å². The Labute approximate surface area is 226 Å². The van der Waals surface area contributed by atoms with Crippen molar-refractivity contribution in [2.75, 3.05) is 6.61 Å². The zero-order chi connectivity index (χ0) is 28.5. The van der Waals surface area contributed by atoms with Crippen molar-refractivity contribution in [3.63, 3.8) is 0 Å². The number of allylic oxidation sites excluding steroid dienone is 13. The van der Waals surface area contributed by atoms with Crippen LogP contribution in [0.5, 0.6) is 0 Å². The van der Waals surface area contributed by atoms with Gasteiger partial charge in [0.15, 0.2) is 6.29 Å². The largest absolute Gasteiger partial charge is 0.394 e. The molecule has 210 valence electrons. The molecule has 0 aromatic carbocycles. The number of aliphatic hydroxyl groups is 4. The zero-order valence-electron chi connectivity index (χ0n) is 23.4. The van der Waals surface area contributed by atoms with Gasteiger partial charge < -0.3 is 29.9 Å². The minimum absolute atomic E-state index is 0.198. The van der Waals surface area contributed by atoms with Crippen LogP contribution in [0.25, 0.3) is 0 Å². The topological polar surface area (TPSA) is 116 Å². The number of hydrogen-bond donors (Lipinski definition) is 4. The first-order chi connectivity index (χ1) is 17.9. The predicted octanol–water partition coefficient (Wildman–Crippen LogP) is 4.01. The molecular weight excluding hydrogens is 484 g/mol. The summed E-state index contributed by atoms with van der Waals surface area (Å²) < 4.78 is 11.6. The van der Waals surface area contributed by atoms with Gasteiger partial charge >= 0.3 is 0 Å². The van der Waals surface area contributed by atoms with Gasteiger partial charge in [-0.25, -0.2) is 0 Å². The number of carbonyl (C=O) groups is 1. The quantitative estimate of drug-likeness (QED) is 0.192. The van der Waals surface area contributed by atoms with Crippen LogP contribution < -0.4 is 0 Å². The molecule has 2 aliphatic rings. The maximum absolute atomic E-state index is 10.6. The number of carbonyl (C=O) groups excluding carboxylic acids is 1. The first-order valence-electron chi connectivity index (χ1n) is 13.1. The Balaban J connectivity index is 2.04. The van der Waals surface area contributed by atoms with Crippen LogP contribution in [0.1, 0.15) is 54.4 Å². The Bertz CT molecular complexity index is 1020. The monoisotopic (exact) mass is 528 g/mol. The van der Waals surface area contributed by atoms with E-state index in [4.69, 9.17) is 9.47 Å². The molecule has 0 radical (unpaired) electrons. The summed E-state index contributed by atoms with van der Waals surface area (Å²) in [5.74, 6) is 0. The molecule has 7 nitrogen and oxygen atoms in total. The number of aliphatic hydroxyl groups excluding tert-OH is 4. The van der Waals surface area contributed by atoms with Crippen molar-refractivity contribution < 1.29 is 34.7 Å². The first-order valence-corrected chi connectivity index (χ1v) is 13.1. The maximum atomic E-state index is 10.6. The summed E-state index contributed by atoms with van der Waals surface area (Å²) in [6.07, 6.45) is 13.3. The Morgan fingerprint density at radius 2 is 1.55 bits per heavy atom. The van der Waals surface area contributed by atoms with Crippen molar-refractivity contribution in [2.24, 2.45) is 5.41 Å². The molecule has 4 N–H and O–H groups in total. The lowest BCUT2D eigenvalue weighted by atomic mass is 9.71. The predicted molar refractivity (Wildman–Crippen MR) is 149 cm³/mol. The summed E-state index contributed by atoms with van der Waals surface area (Å²) in [4.78, 5) is 10.6. The van der Waals surface area contributed by atoms with E-state index < -0.39 is 37.3 Å². The third-order valence-corrected chi connectivity index (χ3v) is 6.88. The van der Waals surface area contributed by atoms with Crippen LogP contribution in [-0.4, -0.2) is 70.1 Å².